The fourth-order valence-corrected chi connectivity index (χ4v) is 4.40. The molecule has 0 fully saturated rings. The molecule has 0 bridgehead atoms. The highest BCUT2D eigenvalue weighted by molar-refractivity contribution is 7.93. The van der Waals surface area contributed by atoms with Gasteiger partial charge in [0.1, 0.15) is 0 Å². The van der Waals surface area contributed by atoms with Gasteiger partial charge >= 0.3 is 0 Å². The van der Waals surface area contributed by atoms with Gasteiger partial charge in [-0.3, -0.25) is 4.72 Å². The molecule has 130 valence electrons. The molecule has 3 aromatic rings. The number of nitrogens with one attached hydrogen (secondary N) is 2. The van der Waals surface area contributed by atoms with Crippen molar-refractivity contribution in [2.24, 2.45) is 0 Å². The molecule has 5 nitrogen and oxygen atoms in total. The fraction of sp³-hybridized carbons (Fsp3) is 0.118. The van der Waals surface area contributed by atoms with Gasteiger partial charge in [0.05, 0.1) is 15.6 Å². The minimum Gasteiger partial charge on any atom is -0.377 e. The highest BCUT2D eigenvalue weighted by Gasteiger charge is 2.17. The van der Waals surface area contributed by atoms with Gasteiger partial charge in [0.15, 0.2) is 5.13 Å². The Morgan fingerprint density at radius 3 is 2.56 bits per heavy atom. The van der Waals surface area contributed by atoms with Gasteiger partial charge in [-0.25, -0.2) is 13.4 Å². The second kappa shape index (κ2) is 7.43. The van der Waals surface area contributed by atoms with Gasteiger partial charge in [-0.1, -0.05) is 41.9 Å². The molecule has 0 spiro atoms. The molecule has 0 saturated heterocycles. The third kappa shape index (κ3) is 4.31. The van der Waals surface area contributed by atoms with Crippen LogP contribution in [-0.4, -0.2) is 13.4 Å². The largest absolute Gasteiger partial charge is 0.377 e. The zero-order valence-electron chi connectivity index (χ0n) is 13.3. The van der Waals surface area contributed by atoms with Crippen molar-refractivity contribution in [3.63, 3.8) is 0 Å². The van der Waals surface area contributed by atoms with E-state index in [4.69, 9.17) is 11.6 Å². The Balaban J connectivity index is 1.79. The lowest BCUT2D eigenvalue weighted by Gasteiger charge is -2.17. The summed E-state index contributed by atoms with van der Waals surface area (Å²) >= 11 is 7.49. The molecule has 0 radical (unpaired) electrons. The van der Waals surface area contributed by atoms with Crippen molar-refractivity contribution in [3.05, 3.63) is 70.7 Å². The summed E-state index contributed by atoms with van der Waals surface area (Å²) in [5.41, 5.74) is 1.78. The molecule has 0 aliphatic rings. The van der Waals surface area contributed by atoms with Crippen molar-refractivity contribution in [2.75, 3.05) is 10.0 Å². The number of benzene rings is 2. The lowest BCUT2D eigenvalue weighted by atomic mass is 10.1. The standard InChI is InChI=1S/C17H16ClN3O2S2/c1-12(13-5-3-2-4-6-13)20-16-8-7-14(11-15(16)18)25(22,23)21-17-19-9-10-24-17/h2-12,20H,1H3,(H,19,21)/t12-/m1/s1. The number of rotatable bonds is 6. The predicted octanol–water partition coefficient (Wildman–Crippen LogP) is 4.77. The van der Waals surface area contributed by atoms with Crippen LogP contribution >= 0.6 is 22.9 Å². The Bertz CT molecular complexity index is 945. The van der Waals surface area contributed by atoms with E-state index in [9.17, 15) is 8.42 Å². The topological polar surface area (TPSA) is 71.1 Å². The number of hydrogen-bond acceptors (Lipinski definition) is 5. The second-order valence-electron chi connectivity index (χ2n) is 5.36. The zero-order chi connectivity index (χ0) is 17.9. The molecule has 3 rings (SSSR count). The summed E-state index contributed by atoms with van der Waals surface area (Å²) in [6.45, 7) is 2.01. The normalized spacial score (nSPS) is 12.6. The fourth-order valence-electron chi connectivity index (χ4n) is 2.29. The minimum absolute atomic E-state index is 0.0367. The summed E-state index contributed by atoms with van der Waals surface area (Å²) in [4.78, 5) is 4.01. The maximum absolute atomic E-state index is 12.4. The van der Waals surface area contributed by atoms with E-state index in [0.29, 0.717) is 15.8 Å². The average Bonchev–Trinajstić information content (AvgIpc) is 3.09. The van der Waals surface area contributed by atoms with Gasteiger partial charge in [-0.05, 0) is 30.7 Å². The van der Waals surface area contributed by atoms with Gasteiger partial charge in [0.25, 0.3) is 10.0 Å². The van der Waals surface area contributed by atoms with E-state index in [2.05, 4.69) is 15.0 Å². The van der Waals surface area contributed by atoms with Crippen molar-refractivity contribution in [2.45, 2.75) is 17.9 Å². The summed E-state index contributed by atoms with van der Waals surface area (Å²) in [6, 6.07) is 14.6. The molecule has 0 aliphatic heterocycles. The van der Waals surface area contributed by atoms with Gasteiger partial charge in [-0.15, -0.1) is 11.3 Å². The molecule has 0 saturated carbocycles. The number of nitrogens with zero attached hydrogens (tertiary/aromatic N) is 1. The lowest BCUT2D eigenvalue weighted by Crippen LogP contribution is -2.13. The summed E-state index contributed by atoms with van der Waals surface area (Å²) in [5.74, 6) is 0. The molecule has 1 aromatic heterocycles. The monoisotopic (exact) mass is 393 g/mol. The van der Waals surface area contributed by atoms with E-state index in [1.54, 1.807) is 11.4 Å². The number of hydrogen-bond donors (Lipinski definition) is 2. The van der Waals surface area contributed by atoms with Crippen molar-refractivity contribution >= 4 is 43.8 Å². The van der Waals surface area contributed by atoms with Crippen LogP contribution < -0.4 is 10.0 Å². The third-order valence-corrected chi connectivity index (χ3v) is 6.04. The first kappa shape index (κ1) is 17.7. The van der Waals surface area contributed by atoms with Gasteiger partial charge in [0.2, 0.25) is 0 Å². The van der Waals surface area contributed by atoms with Crippen molar-refractivity contribution < 1.29 is 8.42 Å². The quantitative estimate of drug-likeness (QED) is 0.632. The van der Waals surface area contributed by atoms with Crippen LogP contribution in [0.1, 0.15) is 18.5 Å². The van der Waals surface area contributed by atoms with Crippen LogP contribution in [0, 0.1) is 0 Å². The first-order valence-electron chi connectivity index (χ1n) is 7.49. The molecule has 2 N–H and O–H groups in total. The highest BCUT2D eigenvalue weighted by atomic mass is 35.5. The Morgan fingerprint density at radius 1 is 1.16 bits per heavy atom. The maximum atomic E-state index is 12.4. The van der Waals surface area contributed by atoms with Crippen LogP contribution in [0.25, 0.3) is 0 Å². The first-order valence-corrected chi connectivity index (χ1v) is 10.2. The van der Waals surface area contributed by atoms with Crippen molar-refractivity contribution in [3.8, 4) is 0 Å². The minimum atomic E-state index is -3.72. The predicted molar refractivity (Wildman–Crippen MR) is 103 cm³/mol. The lowest BCUT2D eigenvalue weighted by molar-refractivity contribution is 0.601. The molecule has 1 atom stereocenters. The molecule has 1 heterocycles. The van der Waals surface area contributed by atoms with Crippen LogP contribution in [0.3, 0.4) is 0 Å². The van der Waals surface area contributed by atoms with Gasteiger partial charge < -0.3 is 5.32 Å². The summed E-state index contributed by atoms with van der Waals surface area (Å²) in [5, 5.41) is 5.64. The number of sulfonamides is 1. The summed E-state index contributed by atoms with van der Waals surface area (Å²) < 4.78 is 27.2. The number of anilines is 2. The Kier molecular flexibility index (Phi) is 5.27. The smallest absolute Gasteiger partial charge is 0.263 e. The van der Waals surface area contributed by atoms with Crippen LogP contribution in [-0.2, 0) is 10.0 Å². The summed E-state index contributed by atoms with van der Waals surface area (Å²) in [7, 11) is -3.72. The molecule has 0 aliphatic carbocycles. The zero-order valence-corrected chi connectivity index (χ0v) is 15.7. The van der Waals surface area contributed by atoms with Gasteiger partial charge in [0, 0.05) is 17.6 Å². The van der Waals surface area contributed by atoms with E-state index in [1.165, 1.54) is 29.7 Å². The molecular formula is C17H16ClN3O2S2. The van der Waals surface area contributed by atoms with Crippen LogP contribution in [0.15, 0.2) is 65.0 Å². The van der Waals surface area contributed by atoms with E-state index < -0.39 is 10.0 Å². The second-order valence-corrected chi connectivity index (χ2v) is 8.35. The van der Waals surface area contributed by atoms with Gasteiger partial charge in [-0.2, -0.15) is 0 Å². The maximum Gasteiger partial charge on any atom is 0.263 e. The number of aromatic nitrogens is 1. The molecule has 0 unspecified atom stereocenters. The van der Waals surface area contributed by atoms with Crippen molar-refractivity contribution in [1.29, 1.82) is 0 Å². The molecule has 8 heteroatoms. The van der Waals surface area contributed by atoms with E-state index >= 15 is 0 Å². The molecule has 25 heavy (non-hydrogen) atoms. The molecule has 2 aromatic carbocycles. The van der Waals surface area contributed by atoms with Crippen molar-refractivity contribution in [1.82, 2.24) is 4.98 Å². The van der Waals surface area contributed by atoms with E-state index in [-0.39, 0.29) is 10.9 Å². The Labute approximate surface area is 155 Å². The van der Waals surface area contributed by atoms with Crippen LogP contribution in [0.2, 0.25) is 5.02 Å². The Hall–Kier alpha value is -2.09. The average molecular weight is 394 g/mol. The van der Waals surface area contributed by atoms with Crippen LogP contribution in [0.5, 0.6) is 0 Å². The number of halogens is 1. The molecular weight excluding hydrogens is 378 g/mol. The van der Waals surface area contributed by atoms with E-state index in [0.717, 1.165) is 5.56 Å². The summed E-state index contributed by atoms with van der Waals surface area (Å²) in [6.07, 6.45) is 1.54. The first-order chi connectivity index (χ1) is 12.0. The third-order valence-electron chi connectivity index (χ3n) is 3.58. The SMILES string of the molecule is C[C@@H](Nc1ccc(S(=O)(=O)Nc2nccs2)cc1Cl)c1ccccc1. The van der Waals surface area contributed by atoms with E-state index in [1.807, 2.05) is 37.3 Å². The molecule has 0 amide bonds. The highest BCUT2D eigenvalue weighted by Crippen LogP contribution is 2.29. The Morgan fingerprint density at radius 2 is 1.92 bits per heavy atom. The van der Waals surface area contributed by atoms with Crippen LogP contribution in [0.4, 0.5) is 10.8 Å². The number of thiazole rings is 1.